The van der Waals surface area contributed by atoms with Crippen molar-refractivity contribution in [2.45, 2.75) is 26.7 Å². The molecule has 1 aliphatic carbocycles. The van der Waals surface area contributed by atoms with Crippen molar-refractivity contribution in [1.82, 2.24) is 0 Å². The second-order valence-corrected chi connectivity index (χ2v) is 7.50. The SMILES string of the molecule is CCOC(=O)C1=CC2c3c(cc(I)cc3C1=O)OCC2(C)C. The van der Waals surface area contributed by atoms with E-state index in [4.69, 9.17) is 9.47 Å². The van der Waals surface area contributed by atoms with E-state index >= 15 is 0 Å². The van der Waals surface area contributed by atoms with Gasteiger partial charge in [0.15, 0.2) is 0 Å². The van der Waals surface area contributed by atoms with Crippen molar-refractivity contribution in [2.24, 2.45) is 5.41 Å². The number of rotatable bonds is 2. The van der Waals surface area contributed by atoms with Crippen LogP contribution in [0.15, 0.2) is 23.8 Å². The van der Waals surface area contributed by atoms with Crippen LogP contribution in [0.2, 0.25) is 0 Å². The molecule has 0 spiro atoms. The quantitative estimate of drug-likeness (QED) is 0.424. The molecular weight excluding hydrogens is 395 g/mol. The van der Waals surface area contributed by atoms with Crippen LogP contribution in [-0.2, 0) is 9.53 Å². The second-order valence-electron chi connectivity index (χ2n) is 6.25. The predicted octanol–water partition coefficient (Wildman–Crippen LogP) is 3.48. The number of halogens is 1. The van der Waals surface area contributed by atoms with E-state index in [9.17, 15) is 9.59 Å². The minimum absolute atomic E-state index is 0.0274. The number of ketones is 1. The van der Waals surface area contributed by atoms with Crippen LogP contribution in [0.5, 0.6) is 5.75 Å². The number of ether oxygens (including phenoxy) is 2. The van der Waals surface area contributed by atoms with E-state index in [1.165, 1.54) is 0 Å². The zero-order valence-corrected chi connectivity index (χ0v) is 14.9. The fourth-order valence-corrected chi connectivity index (χ4v) is 3.63. The van der Waals surface area contributed by atoms with Gasteiger partial charge in [-0.15, -0.1) is 0 Å². The number of carbonyl (C=O) groups is 2. The number of allylic oxidation sites excluding steroid dienone is 1. The zero-order valence-electron chi connectivity index (χ0n) is 12.7. The predicted molar refractivity (Wildman–Crippen MR) is 90.2 cm³/mol. The highest BCUT2D eigenvalue weighted by atomic mass is 127. The second kappa shape index (κ2) is 5.37. The highest BCUT2D eigenvalue weighted by Gasteiger charge is 2.43. The maximum atomic E-state index is 12.7. The molecule has 1 aromatic carbocycles. The molecule has 1 aliphatic heterocycles. The van der Waals surface area contributed by atoms with Gasteiger partial charge >= 0.3 is 5.97 Å². The van der Waals surface area contributed by atoms with E-state index < -0.39 is 5.97 Å². The number of Topliss-reactive ketones (excluding diaryl/α,β-unsaturated/α-hetero) is 1. The van der Waals surface area contributed by atoms with Crippen LogP contribution in [0.4, 0.5) is 0 Å². The highest BCUT2D eigenvalue weighted by molar-refractivity contribution is 14.1. The number of benzene rings is 1. The Balaban J connectivity index is 2.20. The van der Waals surface area contributed by atoms with Gasteiger partial charge in [0.1, 0.15) is 11.3 Å². The average Bonchev–Trinajstić information content (AvgIpc) is 2.45. The molecule has 0 saturated carbocycles. The maximum absolute atomic E-state index is 12.7. The maximum Gasteiger partial charge on any atom is 0.341 e. The molecule has 0 bridgehead atoms. The molecule has 3 rings (SSSR count). The molecule has 0 amide bonds. The highest BCUT2D eigenvalue weighted by Crippen LogP contribution is 2.50. The molecule has 116 valence electrons. The standard InChI is InChI=1S/C17H17IO4/c1-4-21-16(20)11-7-12-14-10(15(11)19)5-9(18)6-13(14)22-8-17(12,2)3/h5-7,12H,4,8H2,1-3H3. The van der Waals surface area contributed by atoms with Crippen molar-refractivity contribution >= 4 is 34.3 Å². The molecule has 22 heavy (non-hydrogen) atoms. The third kappa shape index (κ3) is 2.35. The summed E-state index contributed by atoms with van der Waals surface area (Å²) in [5.74, 6) is -0.0919. The lowest BCUT2D eigenvalue weighted by Crippen LogP contribution is -2.37. The van der Waals surface area contributed by atoms with Gasteiger partial charge in [0, 0.05) is 26.0 Å². The Hall–Kier alpha value is -1.37. The van der Waals surface area contributed by atoms with Crippen LogP contribution in [-0.4, -0.2) is 25.0 Å². The first-order chi connectivity index (χ1) is 10.3. The van der Waals surface area contributed by atoms with Gasteiger partial charge in [0.05, 0.1) is 13.2 Å². The van der Waals surface area contributed by atoms with Gasteiger partial charge in [-0.1, -0.05) is 19.9 Å². The van der Waals surface area contributed by atoms with E-state index in [1.54, 1.807) is 13.0 Å². The number of hydrogen-bond donors (Lipinski definition) is 0. The van der Waals surface area contributed by atoms with Gasteiger partial charge in [-0.25, -0.2) is 4.79 Å². The molecule has 1 aromatic rings. The molecule has 1 heterocycles. The Kier molecular flexibility index (Phi) is 3.79. The fraction of sp³-hybridized carbons (Fsp3) is 0.412. The van der Waals surface area contributed by atoms with Gasteiger partial charge in [0.25, 0.3) is 0 Å². The van der Waals surface area contributed by atoms with Crippen LogP contribution in [0.3, 0.4) is 0 Å². The molecule has 1 atom stereocenters. The molecule has 0 radical (unpaired) electrons. The van der Waals surface area contributed by atoms with Crippen LogP contribution < -0.4 is 4.74 Å². The van der Waals surface area contributed by atoms with E-state index in [0.29, 0.717) is 12.2 Å². The van der Waals surface area contributed by atoms with Crippen LogP contribution >= 0.6 is 22.6 Å². The van der Waals surface area contributed by atoms with Crippen molar-refractivity contribution in [2.75, 3.05) is 13.2 Å². The summed E-state index contributed by atoms with van der Waals surface area (Å²) in [6, 6.07) is 3.77. The summed E-state index contributed by atoms with van der Waals surface area (Å²) >= 11 is 2.16. The molecule has 2 aliphatic rings. The van der Waals surface area contributed by atoms with Gasteiger partial charge in [0.2, 0.25) is 5.78 Å². The molecule has 0 aromatic heterocycles. The van der Waals surface area contributed by atoms with E-state index in [2.05, 4.69) is 36.4 Å². The minimum atomic E-state index is -0.541. The van der Waals surface area contributed by atoms with Crippen molar-refractivity contribution in [1.29, 1.82) is 0 Å². The van der Waals surface area contributed by atoms with Crippen molar-refractivity contribution in [3.63, 3.8) is 0 Å². The monoisotopic (exact) mass is 412 g/mol. The zero-order chi connectivity index (χ0) is 16.1. The Morgan fingerprint density at radius 2 is 2.18 bits per heavy atom. The molecule has 0 fully saturated rings. The largest absolute Gasteiger partial charge is 0.493 e. The summed E-state index contributed by atoms with van der Waals surface area (Å²) < 4.78 is 11.8. The van der Waals surface area contributed by atoms with Crippen LogP contribution in [0.1, 0.15) is 42.6 Å². The summed E-state index contributed by atoms with van der Waals surface area (Å²) in [5.41, 5.74) is 1.41. The Bertz CT molecular complexity index is 703. The molecule has 1 unspecified atom stereocenters. The normalized spacial score (nSPS) is 21.5. The molecule has 5 heteroatoms. The lowest BCUT2D eigenvalue weighted by molar-refractivity contribution is -0.138. The molecule has 4 nitrogen and oxygen atoms in total. The first-order valence-electron chi connectivity index (χ1n) is 7.25. The molecular formula is C17H17IO4. The van der Waals surface area contributed by atoms with Crippen LogP contribution in [0, 0.1) is 8.99 Å². The Labute approximate surface area is 143 Å². The third-order valence-electron chi connectivity index (χ3n) is 4.18. The number of hydrogen-bond acceptors (Lipinski definition) is 4. The molecule has 0 saturated heterocycles. The fourth-order valence-electron chi connectivity index (χ4n) is 3.03. The van der Waals surface area contributed by atoms with Gasteiger partial charge in [-0.05, 0) is 41.6 Å². The Morgan fingerprint density at radius 1 is 1.45 bits per heavy atom. The third-order valence-corrected chi connectivity index (χ3v) is 4.80. The van der Waals surface area contributed by atoms with E-state index in [-0.39, 0.29) is 29.3 Å². The summed E-state index contributed by atoms with van der Waals surface area (Å²) in [6.45, 7) is 6.70. The summed E-state index contributed by atoms with van der Waals surface area (Å²) in [7, 11) is 0. The van der Waals surface area contributed by atoms with Crippen molar-refractivity contribution < 1.29 is 19.1 Å². The van der Waals surface area contributed by atoms with Crippen molar-refractivity contribution in [3.05, 3.63) is 38.5 Å². The van der Waals surface area contributed by atoms with Gasteiger partial charge in [-0.2, -0.15) is 0 Å². The summed E-state index contributed by atoms with van der Waals surface area (Å²) in [6.07, 6.45) is 1.77. The van der Waals surface area contributed by atoms with Gasteiger partial charge < -0.3 is 9.47 Å². The topological polar surface area (TPSA) is 52.6 Å². The smallest absolute Gasteiger partial charge is 0.341 e. The first kappa shape index (κ1) is 15.5. The number of carbonyl (C=O) groups excluding carboxylic acids is 2. The number of esters is 1. The summed E-state index contributed by atoms with van der Waals surface area (Å²) in [4.78, 5) is 24.8. The Morgan fingerprint density at radius 3 is 2.86 bits per heavy atom. The lowest BCUT2D eigenvalue weighted by Gasteiger charge is -2.41. The average molecular weight is 412 g/mol. The minimum Gasteiger partial charge on any atom is -0.493 e. The molecule has 0 N–H and O–H groups in total. The lowest BCUT2D eigenvalue weighted by atomic mass is 9.68. The first-order valence-corrected chi connectivity index (χ1v) is 8.33. The summed E-state index contributed by atoms with van der Waals surface area (Å²) in [5, 5.41) is 0. The van der Waals surface area contributed by atoms with E-state index in [0.717, 1.165) is 14.9 Å². The van der Waals surface area contributed by atoms with E-state index in [1.807, 2.05) is 12.1 Å². The van der Waals surface area contributed by atoms with Crippen molar-refractivity contribution in [3.8, 4) is 5.75 Å². The van der Waals surface area contributed by atoms with Gasteiger partial charge in [-0.3, -0.25) is 4.79 Å². The van der Waals surface area contributed by atoms with Crippen LogP contribution in [0.25, 0.3) is 0 Å².